The van der Waals surface area contributed by atoms with E-state index in [2.05, 4.69) is 5.32 Å². The van der Waals surface area contributed by atoms with E-state index in [-0.39, 0.29) is 30.2 Å². The smallest absolute Gasteiger partial charge is 0.271 e. The number of halogens is 1. The molecule has 1 unspecified atom stereocenters. The lowest BCUT2D eigenvalue weighted by Crippen LogP contribution is -2.28. The first-order chi connectivity index (χ1) is 13.3. The zero-order valence-electron chi connectivity index (χ0n) is 15.3. The predicted molar refractivity (Wildman–Crippen MR) is 105 cm³/mol. The number of carbonyl (C=O) groups excluding carboxylic acids is 2. The van der Waals surface area contributed by atoms with Crippen LogP contribution in [0.3, 0.4) is 0 Å². The molecule has 1 N–H and O–H groups in total. The number of nitro benzene ring substituents is 1. The molecule has 28 heavy (non-hydrogen) atoms. The van der Waals surface area contributed by atoms with Crippen LogP contribution in [0.5, 0.6) is 5.75 Å². The molecule has 0 aromatic heterocycles. The molecule has 2 amide bonds. The van der Waals surface area contributed by atoms with Crippen molar-refractivity contribution in [3.05, 3.63) is 57.1 Å². The first-order valence-corrected chi connectivity index (χ1v) is 8.87. The van der Waals surface area contributed by atoms with Crippen molar-refractivity contribution in [1.82, 2.24) is 0 Å². The fraction of sp³-hybridized carbons (Fsp3) is 0.263. The number of benzene rings is 2. The van der Waals surface area contributed by atoms with Crippen molar-refractivity contribution in [3.63, 3.8) is 0 Å². The summed E-state index contributed by atoms with van der Waals surface area (Å²) in [5.41, 5.74) is 1.54. The molecule has 0 spiro atoms. The van der Waals surface area contributed by atoms with Gasteiger partial charge in [-0.15, -0.1) is 0 Å². The third-order valence-corrected chi connectivity index (χ3v) is 5.02. The van der Waals surface area contributed by atoms with Gasteiger partial charge in [0.25, 0.3) is 5.69 Å². The molecule has 3 rings (SSSR count). The summed E-state index contributed by atoms with van der Waals surface area (Å²) >= 11 is 6.13. The lowest BCUT2D eigenvalue weighted by molar-refractivity contribution is -0.384. The molecule has 8 nitrogen and oxygen atoms in total. The molecule has 1 heterocycles. The van der Waals surface area contributed by atoms with E-state index in [1.54, 1.807) is 12.1 Å². The van der Waals surface area contributed by atoms with Gasteiger partial charge in [0, 0.05) is 35.8 Å². The zero-order chi connectivity index (χ0) is 20.4. The Balaban J connectivity index is 1.77. The van der Waals surface area contributed by atoms with Gasteiger partial charge in [0.05, 0.1) is 23.6 Å². The van der Waals surface area contributed by atoms with Crippen LogP contribution in [-0.2, 0) is 9.59 Å². The summed E-state index contributed by atoms with van der Waals surface area (Å²) in [6, 6.07) is 9.21. The van der Waals surface area contributed by atoms with Gasteiger partial charge in [0.15, 0.2) is 0 Å². The van der Waals surface area contributed by atoms with Crippen molar-refractivity contribution in [1.29, 1.82) is 0 Å². The molecule has 1 aliphatic rings. The van der Waals surface area contributed by atoms with Gasteiger partial charge in [-0.1, -0.05) is 17.7 Å². The van der Waals surface area contributed by atoms with Crippen LogP contribution in [0.15, 0.2) is 36.4 Å². The number of hydrogen-bond donors (Lipinski definition) is 1. The highest BCUT2D eigenvalue weighted by Crippen LogP contribution is 2.32. The maximum atomic E-state index is 12.7. The van der Waals surface area contributed by atoms with Crippen molar-refractivity contribution >= 4 is 40.5 Å². The van der Waals surface area contributed by atoms with Gasteiger partial charge in [0.1, 0.15) is 5.75 Å². The summed E-state index contributed by atoms with van der Waals surface area (Å²) in [6.45, 7) is 2.06. The molecule has 146 valence electrons. The number of nitro groups is 1. The number of non-ortho nitro benzene ring substituents is 1. The zero-order valence-corrected chi connectivity index (χ0v) is 16.0. The van der Waals surface area contributed by atoms with E-state index in [0.717, 1.165) is 5.56 Å². The Morgan fingerprint density at radius 2 is 2.07 bits per heavy atom. The first-order valence-electron chi connectivity index (χ1n) is 8.50. The Labute approximate surface area is 166 Å². The third-order valence-electron chi connectivity index (χ3n) is 4.61. The van der Waals surface area contributed by atoms with Crippen molar-refractivity contribution in [2.24, 2.45) is 5.92 Å². The van der Waals surface area contributed by atoms with Gasteiger partial charge in [-0.2, -0.15) is 0 Å². The van der Waals surface area contributed by atoms with Crippen LogP contribution >= 0.6 is 11.6 Å². The number of amides is 2. The van der Waals surface area contributed by atoms with Crippen molar-refractivity contribution in [2.45, 2.75) is 13.3 Å². The summed E-state index contributed by atoms with van der Waals surface area (Å²) in [7, 11) is 1.40. The molecule has 1 saturated heterocycles. The average Bonchev–Trinajstić information content (AvgIpc) is 3.05. The lowest BCUT2D eigenvalue weighted by Gasteiger charge is -2.18. The molecule has 9 heteroatoms. The Bertz CT molecular complexity index is 963. The number of nitrogens with zero attached hydrogens (tertiary/aromatic N) is 2. The highest BCUT2D eigenvalue weighted by Gasteiger charge is 2.35. The highest BCUT2D eigenvalue weighted by molar-refractivity contribution is 6.31. The second kappa shape index (κ2) is 7.85. The van der Waals surface area contributed by atoms with Crippen LogP contribution in [0.2, 0.25) is 5.02 Å². The van der Waals surface area contributed by atoms with Crippen LogP contribution in [0.4, 0.5) is 17.1 Å². The Hall–Kier alpha value is -3.13. The number of ether oxygens (including phenoxy) is 1. The Kier molecular flexibility index (Phi) is 5.51. The van der Waals surface area contributed by atoms with Gasteiger partial charge in [0.2, 0.25) is 11.8 Å². The quantitative estimate of drug-likeness (QED) is 0.607. The first kappa shape index (κ1) is 19.6. The van der Waals surface area contributed by atoms with E-state index in [1.165, 1.54) is 30.2 Å². The molecule has 2 aromatic carbocycles. The minimum atomic E-state index is -0.600. The van der Waals surface area contributed by atoms with E-state index >= 15 is 0 Å². The van der Waals surface area contributed by atoms with E-state index in [4.69, 9.17) is 16.3 Å². The van der Waals surface area contributed by atoms with Crippen LogP contribution in [-0.4, -0.2) is 30.4 Å². The van der Waals surface area contributed by atoms with Crippen LogP contribution in [0.25, 0.3) is 0 Å². The number of anilines is 2. The predicted octanol–water partition coefficient (Wildman–Crippen LogP) is 3.56. The molecule has 1 fully saturated rings. The number of carbonyl (C=O) groups is 2. The number of nitrogens with one attached hydrogen (secondary N) is 1. The number of aryl methyl sites for hydroxylation is 1. The molecule has 1 aliphatic heterocycles. The van der Waals surface area contributed by atoms with Crippen LogP contribution < -0.4 is 15.0 Å². The largest absolute Gasteiger partial charge is 0.495 e. The number of methoxy groups -OCH3 is 1. The van der Waals surface area contributed by atoms with E-state index < -0.39 is 16.7 Å². The van der Waals surface area contributed by atoms with Crippen LogP contribution in [0.1, 0.15) is 12.0 Å². The standard InChI is InChI=1S/C19H18ClN3O5/c1-11-3-4-13(8-15(11)20)22-10-12(7-18(22)24)19(25)21-16-9-14(23(26)27)5-6-17(16)28-2/h3-6,8-9,12H,7,10H2,1-2H3,(H,21,25). The van der Waals surface area contributed by atoms with Crippen molar-refractivity contribution < 1.29 is 19.2 Å². The average molecular weight is 404 g/mol. The van der Waals surface area contributed by atoms with Crippen molar-refractivity contribution in [3.8, 4) is 5.75 Å². The van der Waals surface area contributed by atoms with Gasteiger partial charge in [-0.05, 0) is 30.7 Å². The lowest BCUT2D eigenvalue weighted by atomic mass is 10.1. The number of rotatable bonds is 5. The SMILES string of the molecule is COc1ccc([N+](=O)[O-])cc1NC(=O)C1CC(=O)N(c2ccc(C)c(Cl)c2)C1. The highest BCUT2D eigenvalue weighted by atomic mass is 35.5. The molecule has 1 atom stereocenters. The summed E-state index contributed by atoms with van der Waals surface area (Å²) in [4.78, 5) is 37.0. The molecule has 2 aromatic rings. The maximum absolute atomic E-state index is 12.7. The Morgan fingerprint density at radius 3 is 2.71 bits per heavy atom. The van der Waals surface area contributed by atoms with Gasteiger partial charge in [-0.25, -0.2) is 0 Å². The second-order valence-electron chi connectivity index (χ2n) is 6.47. The summed E-state index contributed by atoms with van der Waals surface area (Å²) in [5, 5.41) is 14.2. The summed E-state index contributed by atoms with van der Waals surface area (Å²) in [6.07, 6.45) is 0.0363. The van der Waals surface area contributed by atoms with Gasteiger partial charge >= 0.3 is 0 Å². The maximum Gasteiger partial charge on any atom is 0.271 e. The Morgan fingerprint density at radius 1 is 1.32 bits per heavy atom. The van der Waals surface area contributed by atoms with E-state index in [0.29, 0.717) is 16.5 Å². The molecule has 0 aliphatic carbocycles. The molecule has 0 saturated carbocycles. The number of hydrogen-bond acceptors (Lipinski definition) is 5. The third kappa shape index (κ3) is 3.91. The molecular weight excluding hydrogens is 386 g/mol. The molecule has 0 bridgehead atoms. The van der Waals surface area contributed by atoms with Gasteiger partial charge in [-0.3, -0.25) is 19.7 Å². The normalized spacial score (nSPS) is 16.2. The second-order valence-corrected chi connectivity index (χ2v) is 6.88. The fourth-order valence-electron chi connectivity index (χ4n) is 3.02. The molecular formula is C19H18ClN3O5. The van der Waals surface area contributed by atoms with Gasteiger partial charge < -0.3 is 15.0 Å². The van der Waals surface area contributed by atoms with Crippen molar-refractivity contribution in [2.75, 3.05) is 23.9 Å². The minimum absolute atomic E-state index is 0.0363. The van der Waals surface area contributed by atoms with Crippen LogP contribution in [0, 0.1) is 23.0 Å². The fourth-order valence-corrected chi connectivity index (χ4v) is 3.20. The summed E-state index contributed by atoms with van der Waals surface area (Å²) in [5.74, 6) is -0.902. The molecule has 0 radical (unpaired) electrons. The van der Waals surface area contributed by atoms with E-state index in [1.807, 2.05) is 13.0 Å². The monoisotopic (exact) mass is 403 g/mol. The summed E-state index contributed by atoms with van der Waals surface area (Å²) < 4.78 is 5.15. The minimum Gasteiger partial charge on any atom is -0.495 e. The van der Waals surface area contributed by atoms with E-state index in [9.17, 15) is 19.7 Å². The topological polar surface area (TPSA) is 102 Å².